The number of primary amides is 1. The molecule has 0 aromatic carbocycles. The first kappa shape index (κ1) is 18.9. The number of nitrogens with one attached hydrogen (secondary N) is 1. The second-order valence-electron chi connectivity index (χ2n) is 7.08. The Morgan fingerprint density at radius 2 is 1.86 bits per heavy atom. The van der Waals surface area contributed by atoms with E-state index in [2.05, 4.69) is 15.2 Å². The van der Waals surface area contributed by atoms with Crippen LogP contribution in [0, 0.1) is 5.92 Å². The molecule has 1 fully saturated rings. The van der Waals surface area contributed by atoms with Crippen molar-refractivity contribution in [2.45, 2.75) is 19.4 Å². The van der Waals surface area contributed by atoms with E-state index in [4.69, 9.17) is 14.6 Å². The molecule has 150 valence electrons. The van der Waals surface area contributed by atoms with Crippen LogP contribution in [0.25, 0.3) is 11.5 Å². The van der Waals surface area contributed by atoms with E-state index in [1.165, 1.54) is 0 Å². The maximum atomic E-state index is 12.3. The highest BCUT2D eigenvalue weighted by molar-refractivity contribution is 6.02. The van der Waals surface area contributed by atoms with Crippen molar-refractivity contribution in [3.8, 4) is 11.5 Å². The summed E-state index contributed by atoms with van der Waals surface area (Å²) in [5.74, 6) is 1.44. The van der Waals surface area contributed by atoms with Gasteiger partial charge in [0, 0.05) is 12.1 Å². The van der Waals surface area contributed by atoms with Gasteiger partial charge in [-0.3, -0.25) is 19.5 Å². The lowest BCUT2D eigenvalue weighted by atomic mass is 9.96. The van der Waals surface area contributed by atoms with Crippen LogP contribution in [0.5, 0.6) is 0 Å². The van der Waals surface area contributed by atoms with Gasteiger partial charge in [0.05, 0.1) is 18.4 Å². The van der Waals surface area contributed by atoms with Crippen LogP contribution < -0.4 is 11.1 Å². The van der Waals surface area contributed by atoms with E-state index >= 15 is 0 Å². The summed E-state index contributed by atoms with van der Waals surface area (Å²) in [4.78, 5) is 29.8. The van der Waals surface area contributed by atoms with Crippen LogP contribution in [0.15, 0.2) is 57.6 Å². The number of hydrogen-bond donors (Lipinski definition) is 2. The van der Waals surface area contributed by atoms with Gasteiger partial charge in [-0.05, 0) is 62.3 Å². The van der Waals surface area contributed by atoms with Crippen molar-refractivity contribution in [1.29, 1.82) is 0 Å². The second-order valence-corrected chi connectivity index (χ2v) is 7.08. The van der Waals surface area contributed by atoms with Crippen LogP contribution >= 0.6 is 0 Å². The van der Waals surface area contributed by atoms with E-state index in [9.17, 15) is 9.59 Å². The van der Waals surface area contributed by atoms with Gasteiger partial charge in [-0.25, -0.2) is 0 Å². The van der Waals surface area contributed by atoms with Crippen LogP contribution in [0.4, 0.5) is 5.69 Å². The summed E-state index contributed by atoms with van der Waals surface area (Å²) >= 11 is 0. The van der Waals surface area contributed by atoms with Crippen LogP contribution in [0.2, 0.25) is 0 Å². The Morgan fingerprint density at radius 3 is 2.59 bits per heavy atom. The normalized spacial score (nSPS) is 15.3. The number of rotatable bonds is 6. The second kappa shape index (κ2) is 8.32. The van der Waals surface area contributed by atoms with Crippen molar-refractivity contribution >= 4 is 17.5 Å². The van der Waals surface area contributed by atoms with Gasteiger partial charge in [0.2, 0.25) is 5.91 Å². The molecule has 3 aromatic heterocycles. The molecule has 0 atom stereocenters. The van der Waals surface area contributed by atoms with Crippen LogP contribution in [0.1, 0.15) is 29.2 Å². The minimum Gasteiger partial charge on any atom is -0.456 e. The zero-order chi connectivity index (χ0) is 20.2. The van der Waals surface area contributed by atoms with Crippen molar-refractivity contribution < 1.29 is 18.4 Å². The molecule has 8 nitrogen and oxygen atoms in total. The number of carbonyl (C=O) groups excluding carboxylic acids is 2. The number of amides is 2. The molecular weight excluding hydrogens is 372 g/mol. The SMILES string of the molecule is NC(=O)C1CCN(Cc2ccc(-c3ccc(C(=O)Nc4cccnc4)o3)o2)CC1. The highest BCUT2D eigenvalue weighted by atomic mass is 16.4. The predicted octanol–water partition coefficient (Wildman–Crippen LogP) is 2.88. The molecule has 0 saturated carbocycles. The molecule has 1 aliphatic rings. The quantitative estimate of drug-likeness (QED) is 0.664. The Bertz CT molecular complexity index is 987. The summed E-state index contributed by atoms with van der Waals surface area (Å²) in [5.41, 5.74) is 5.97. The van der Waals surface area contributed by atoms with E-state index in [1.54, 1.807) is 36.7 Å². The highest BCUT2D eigenvalue weighted by Gasteiger charge is 2.24. The molecule has 3 aromatic rings. The molecule has 0 bridgehead atoms. The Balaban J connectivity index is 1.36. The first-order chi connectivity index (χ1) is 14.1. The number of furan rings is 2. The van der Waals surface area contributed by atoms with E-state index in [-0.39, 0.29) is 23.5 Å². The Hall–Kier alpha value is -3.39. The Kier molecular flexibility index (Phi) is 5.44. The lowest BCUT2D eigenvalue weighted by Gasteiger charge is -2.29. The molecule has 0 aliphatic carbocycles. The predicted molar refractivity (Wildman–Crippen MR) is 106 cm³/mol. The number of anilines is 1. The number of pyridine rings is 1. The zero-order valence-corrected chi connectivity index (χ0v) is 15.8. The molecule has 1 aliphatic heterocycles. The van der Waals surface area contributed by atoms with Gasteiger partial charge in [0.25, 0.3) is 5.91 Å². The summed E-state index contributed by atoms with van der Waals surface area (Å²) in [6.45, 7) is 2.27. The van der Waals surface area contributed by atoms with E-state index in [0.29, 0.717) is 23.8 Å². The Labute approximate surface area is 167 Å². The molecule has 0 unspecified atom stereocenters. The van der Waals surface area contributed by atoms with Gasteiger partial charge in [-0.2, -0.15) is 0 Å². The number of carbonyl (C=O) groups is 2. The summed E-state index contributed by atoms with van der Waals surface area (Å²) < 4.78 is 11.5. The third kappa shape index (κ3) is 4.55. The van der Waals surface area contributed by atoms with E-state index < -0.39 is 0 Å². The number of piperidine rings is 1. The topological polar surface area (TPSA) is 115 Å². The minimum absolute atomic E-state index is 0.0298. The molecule has 0 spiro atoms. The highest BCUT2D eigenvalue weighted by Crippen LogP contribution is 2.26. The molecule has 0 radical (unpaired) electrons. The van der Waals surface area contributed by atoms with Gasteiger partial charge >= 0.3 is 0 Å². The zero-order valence-electron chi connectivity index (χ0n) is 15.8. The standard InChI is InChI=1S/C21H22N4O4/c22-20(26)14-7-10-25(11-8-14)13-16-3-4-17(28-16)18-5-6-19(29-18)21(27)24-15-2-1-9-23-12-15/h1-6,9,12,14H,7-8,10-11,13H2,(H2,22,26)(H,24,27). The monoisotopic (exact) mass is 394 g/mol. The fourth-order valence-corrected chi connectivity index (χ4v) is 3.41. The fourth-order valence-electron chi connectivity index (χ4n) is 3.41. The van der Waals surface area contributed by atoms with Gasteiger partial charge < -0.3 is 19.9 Å². The van der Waals surface area contributed by atoms with Crippen molar-refractivity contribution in [1.82, 2.24) is 9.88 Å². The maximum absolute atomic E-state index is 12.3. The average Bonchev–Trinajstić information content (AvgIpc) is 3.39. The first-order valence-electron chi connectivity index (χ1n) is 9.50. The number of likely N-dealkylation sites (tertiary alicyclic amines) is 1. The molecule has 2 amide bonds. The van der Waals surface area contributed by atoms with Gasteiger partial charge in [0.1, 0.15) is 5.76 Å². The van der Waals surface area contributed by atoms with E-state index in [0.717, 1.165) is 31.7 Å². The molecule has 1 saturated heterocycles. The molecular formula is C21H22N4O4. The molecule has 8 heteroatoms. The van der Waals surface area contributed by atoms with Crippen molar-refractivity contribution in [3.05, 3.63) is 60.3 Å². The number of aromatic nitrogens is 1. The Morgan fingerprint density at radius 1 is 1.10 bits per heavy atom. The lowest BCUT2D eigenvalue weighted by molar-refractivity contribution is -0.123. The number of nitrogens with zero attached hydrogens (tertiary/aromatic N) is 2. The molecule has 29 heavy (non-hydrogen) atoms. The third-order valence-electron chi connectivity index (χ3n) is 5.02. The summed E-state index contributed by atoms with van der Waals surface area (Å²) in [6, 6.07) is 10.5. The van der Waals surface area contributed by atoms with Crippen molar-refractivity contribution in [2.24, 2.45) is 11.7 Å². The number of nitrogens with two attached hydrogens (primary N) is 1. The van der Waals surface area contributed by atoms with Crippen molar-refractivity contribution in [2.75, 3.05) is 18.4 Å². The first-order valence-corrected chi connectivity index (χ1v) is 9.50. The van der Waals surface area contributed by atoms with Gasteiger partial charge in [0.15, 0.2) is 17.3 Å². The van der Waals surface area contributed by atoms with Crippen LogP contribution in [-0.2, 0) is 11.3 Å². The molecule has 4 heterocycles. The fraction of sp³-hybridized carbons (Fsp3) is 0.286. The van der Waals surface area contributed by atoms with Crippen molar-refractivity contribution in [3.63, 3.8) is 0 Å². The average molecular weight is 394 g/mol. The summed E-state index contributed by atoms with van der Waals surface area (Å²) in [5, 5.41) is 2.73. The smallest absolute Gasteiger partial charge is 0.291 e. The summed E-state index contributed by atoms with van der Waals surface area (Å²) in [7, 11) is 0. The van der Waals surface area contributed by atoms with Crippen LogP contribution in [-0.4, -0.2) is 34.8 Å². The molecule has 4 rings (SSSR count). The van der Waals surface area contributed by atoms with E-state index in [1.807, 2.05) is 12.1 Å². The van der Waals surface area contributed by atoms with Gasteiger partial charge in [-0.15, -0.1) is 0 Å². The third-order valence-corrected chi connectivity index (χ3v) is 5.02. The molecule has 3 N–H and O–H groups in total. The van der Waals surface area contributed by atoms with Gasteiger partial charge in [-0.1, -0.05) is 0 Å². The lowest BCUT2D eigenvalue weighted by Crippen LogP contribution is -2.38. The minimum atomic E-state index is -0.353. The number of hydrogen-bond acceptors (Lipinski definition) is 6. The van der Waals surface area contributed by atoms with Crippen LogP contribution in [0.3, 0.4) is 0 Å². The summed E-state index contributed by atoms with van der Waals surface area (Å²) in [6.07, 6.45) is 4.74. The maximum Gasteiger partial charge on any atom is 0.291 e. The largest absolute Gasteiger partial charge is 0.456 e.